The summed E-state index contributed by atoms with van der Waals surface area (Å²) in [7, 11) is 0. The van der Waals surface area contributed by atoms with E-state index < -0.39 is 5.54 Å². The van der Waals surface area contributed by atoms with Crippen LogP contribution in [0.15, 0.2) is 33.9 Å². The van der Waals surface area contributed by atoms with Gasteiger partial charge in [0.1, 0.15) is 0 Å². The van der Waals surface area contributed by atoms with Crippen LogP contribution in [0.5, 0.6) is 0 Å². The van der Waals surface area contributed by atoms with E-state index >= 15 is 0 Å². The minimum Gasteiger partial charge on any atom is -0.344 e. The number of pyridine rings is 1. The number of thioether (sulfide) groups is 1. The van der Waals surface area contributed by atoms with Crippen molar-refractivity contribution < 1.29 is 9.32 Å². The molecule has 0 bridgehead atoms. The Bertz CT molecular complexity index is 612. The van der Waals surface area contributed by atoms with Crippen LogP contribution in [0, 0.1) is 0 Å². The molecule has 0 spiro atoms. The van der Waals surface area contributed by atoms with Crippen molar-refractivity contribution in [2.45, 2.75) is 43.5 Å². The predicted octanol–water partition coefficient (Wildman–Crippen LogP) is 2.69. The summed E-state index contributed by atoms with van der Waals surface area (Å²) in [5.74, 6) is 0.836. The maximum Gasteiger partial charge on any atom is 0.239 e. The van der Waals surface area contributed by atoms with Crippen LogP contribution < -0.4 is 5.32 Å². The number of nitrogens with zero attached hydrogens (tertiary/aromatic N) is 3. The van der Waals surface area contributed by atoms with Crippen molar-refractivity contribution in [1.82, 2.24) is 20.4 Å². The minimum absolute atomic E-state index is 0.0192. The molecule has 0 saturated heterocycles. The molecule has 1 N–H and O–H groups in total. The lowest BCUT2D eigenvalue weighted by molar-refractivity contribution is -0.120. The van der Waals surface area contributed by atoms with Crippen molar-refractivity contribution >= 4 is 17.7 Å². The zero-order valence-electron chi connectivity index (χ0n) is 12.5. The summed E-state index contributed by atoms with van der Waals surface area (Å²) >= 11 is 1.54. The number of nitrogens with one attached hydrogen (secondary N) is 1. The van der Waals surface area contributed by atoms with Gasteiger partial charge in [0, 0.05) is 13.1 Å². The van der Waals surface area contributed by atoms with Crippen molar-refractivity contribution in [2.75, 3.05) is 0 Å². The second-order valence-corrected chi connectivity index (χ2v) is 6.55. The lowest BCUT2D eigenvalue weighted by atomic mass is 10.1. The van der Waals surface area contributed by atoms with Crippen molar-refractivity contribution in [2.24, 2.45) is 0 Å². The lowest BCUT2D eigenvalue weighted by Crippen LogP contribution is -2.40. The van der Waals surface area contributed by atoms with Crippen LogP contribution in [0.2, 0.25) is 0 Å². The van der Waals surface area contributed by atoms with Crippen LogP contribution in [-0.4, -0.2) is 21.0 Å². The molecule has 0 aliphatic carbocycles. The monoisotopic (exact) mass is 306 g/mol. The van der Waals surface area contributed by atoms with Crippen LogP contribution in [0.3, 0.4) is 0 Å². The Hall–Kier alpha value is -1.89. The normalized spacial score (nSPS) is 13.0. The van der Waals surface area contributed by atoms with E-state index in [1.54, 1.807) is 6.20 Å². The number of carbonyl (C=O) groups is 1. The van der Waals surface area contributed by atoms with E-state index in [1.807, 2.05) is 39.0 Å². The number of aromatic nitrogens is 3. The van der Waals surface area contributed by atoms with Crippen molar-refractivity contribution in [3.63, 3.8) is 0 Å². The maximum atomic E-state index is 11.2. The molecule has 7 heteroatoms. The van der Waals surface area contributed by atoms with E-state index in [1.165, 1.54) is 18.7 Å². The summed E-state index contributed by atoms with van der Waals surface area (Å²) in [4.78, 5) is 19.9. The second kappa shape index (κ2) is 6.26. The van der Waals surface area contributed by atoms with Gasteiger partial charge in [-0.1, -0.05) is 23.0 Å². The SMILES string of the molecule is CC(=O)NC(C)(C)c1noc(C(C)Sc2ccccn2)n1. The number of hydrogen-bond acceptors (Lipinski definition) is 6. The second-order valence-electron chi connectivity index (χ2n) is 5.19. The molecular formula is C14H18N4O2S. The predicted molar refractivity (Wildman–Crippen MR) is 79.6 cm³/mol. The van der Waals surface area contributed by atoms with E-state index in [2.05, 4.69) is 20.4 Å². The standard InChI is InChI=1S/C14H18N4O2S/c1-9(21-11-7-5-6-8-15-11)12-16-13(18-20-12)14(3,4)17-10(2)19/h5-9H,1-4H3,(H,17,19). The van der Waals surface area contributed by atoms with Gasteiger partial charge in [0.25, 0.3) is 0 Å². The van der Waals surface area contributed by atoms with E-state index in [0.717, 1.165) is 5.03 Å². The van der Waals surface area contributed by atoms with Gasteiger partial charge in [0.2, 0.25) is 11.8 Å². The summed E-state index contributed by atoms with van der Waals surface area (Å²) in [5, 5.41) is 7.64. The summed E-state index contributed by atoms with van der Waals surface area (Å²) in [6.07, 6.45) is 1.74. The summed E-state index contributed by atoms with van der Waals surface area (Å²) < 4.78 is 5.31. The third kappa shape index (κ3) is 4.04. The fourth-order valence-electron chi connectivity index (χ4n) is 1.80. The average molecular weight is 306 g/mol. The number of rotatable bonds is 5. The number of amides is 1. The zero-order valence-corrected chi connectivity index (χ0v) is 13.3. The van der Waals surface area contributed by atoms with Crippen LogP contribution in [-0.2, 0) is 10.3 Å². The summed E-state index contributed by atoms with van der Waals surface area (Å²) in [5.41, 5.74) is -0.664. The highest BCUT2D eigenvalue weighted by atomic mass is 32.2. The topological polar surface area (TPSA) is 80.9 Å². The molecule has 0 aliphatic heterocycles. The first-order chi connectivity index (χ1) is 9.88. The maximum absolute atomic E-state index is 11.2. The molecule has 0 radical (unpaired) electrons. The summed E-state index contributed by atoms with van der Waals surface area (Å²) in [6, 6.07) is 5.73. The fourth-order valence-corrected chi connectivity index (χ4v) is 2.64. The van der Waals surface area contributed by atoms with Crippen molar-refractivity contribution in [1.29, 1.82) is 0 Å². The average Bonchev–Trinajstić information content (AvgIpc) is 2.88. The lowest BCUT2D eigenvalue weighted by Gasteiger charge is -2.20. The smallest absolute Gasteiger partial charge is 0.239 e. The molecule has 2 rings (SSSR count). The molecule has 6 nitrogen and oxygen atoms in total. The minimum atomic E-state index is -0.664. The Morgan fingerprint density at radius 1 is 1.43 bits per heavy atom. The zero-order chi connectivity index (χ0) is 15.5. The van der Waals surface area contributed by atoms with Gasteiger partial charge in [-0.15, -0.1) is 0 Å². The molecular weight excluding hydrogens is 288 g/mol. The molecule has 1 amide bonds. The van der Waals surface area contributed by atoms with Crippen LogP contribution in [0.25, 0.3) is 0 Å². The third-order valence-corrected chi connectivity index (χ3v) is 3.81. The molecule has 0 aromatic carbocycles. The Labute approximate surface area is 127 Å². The highest BCUT2D eigenvalue weighted by molar-refractivity contribution is 7.99. The first-order valence-corrected chi connectivity index (χ1v) is 7.47. The van der Waals surface area contributed by atoms with Gasteiger partial charge in [-0.2, -0.15) is 4.98 Å². The third-order valence-electron chi connectivity index (χ3n) is 2.77. The van der Waals surface area contributed by atoms with Crippen molar-refractivity contribution in [3.8, 4) is 0 Å². The number of carbonyl (C=O) groups excluding carboxylic acids is 1. The Morgan fingerprint density at radius 3 is 2.81 bits per heavy atom. The molecule has 2 heterocycles. The first-order valence-electron chi connectivity index (χ1n) is 6.59. The fraction of sp³-hybridized carbons (Fsp3) is 0.429. The Balaban J connectivity index is 2.10. The summed E-state index contributed by atoms with van der Waals surface area (Å²) in [6.45, 7) is 7.10. The Morgan fingerprint density at radius 2 is 2.19 bits per heavy atom. The van der Waals surface area contributed by atoms with Crippen LogP contribution in [0.4, 0.5) is 0 Å². The van der Waals surface area contributed by atoms with Gasteiger partial charge in [-0.05, 0) is 32.9 Å². The molecule has 2 aromatic heterocycles. The van der Waals surface area contributed by atoms with Gasteiger partial charge in [-0.3, -0.25) is 4.79 Å². The molecule has 1 atom stereocenters. The molecule has 112 valence electrons. The van der Waals surface area contributed by atoms with Gasteiger partial charge < -0.3 is 9.84 Å². The molecule has 0 aliphatic rings. The molecule has 0 saturated carbocycles. The van der Waals surface area contributed by atoms with E-state index in [4.69, 9.17) is 4.52 Å². The van der Waals surface area contributed by atoms with Crippen LogP contribution >= 0.6 is 11.8 Å². The largest absolute Gasteiger partial charge is 0.344 e. The van der Waals surface area contributed by atoms with Gasteiger partial charge >= 0.3 is 0 Å². The molecule has 2 aromatic rings. The molecule has 0 fully saturated rings. The molecule has 1 unspecified atom stereocenters. The van der Waals surface area contributed by atoms with Crippen molar-refractivity contribution in [3.05, 3.63) is 36.1 Å². The van der Waals surface area contributed by atoms with Crippen LogP contribution in [0.1, 0.15) is 44.7 Å². The first kappa shape index (κ1) is 15.5. The Kier molecular flexibility index (Phi) is 4.62. The van der Waals surface area contributed by atoms with E-state index in [0.29, 0.717) is 11.7 Å². The highest BCUT2D eigenvalue weighted by Gasteiger charge is 2.28. The van der Waals surface area contributed by atoms with E-state index in [9.17, 15) is 4.79 Å². The van der Waals surface area contributed by atoms with Gasteiger partial charge in [0.05, 0.1) is 15.8 Å². The highest BCUT2D eigenvalue weighted by Crippen LogP contribution is 2.33. The molecule has 21 heavy (non-hydrogen) atoms. The van der Waals surface area contributed by atoms with E-state index in [-0.39, 0.29) is 11.2 Å². The van der Waals surface area contributed by atoms with Gasteiger partial charge in [0.15, 0.2) is 5.82 Å². The number of hydrogen-bond donors (Lipinski definition) is 1. The quantitative estimate of drug-likeness (QED) is 0.855. The van der Waals surface area contributed by atoms with Gasteiger partial charge in [-0.25, -0.2) is 4.98 Å².